The minimum absolute atomic E-state index is 0.00481. The highest BCUT2D eigenvalue weighted by atomic mass is 35.5. The van der Waals surface area contributed by atoms with Gasteiger partial charge in [0.05, 0.1) is 12.3 Å². The zero-order valence-corrected chi connectivity index (χ0v) is 10.3. The van der Waals surface area contributed by atoms with Gasteiger partial charge in [-0.3, -0.25) is 5.43 Å². The molecule has 0 spiro atoms. The van der Waals surface area contributed by atoms with E-state index in [9.17, 15) is 9.90 Å². The third kappa shape index (κ3) is 3.96. The molecule has 0 saturated heterocycles. The van der Waals surface area contributed by atoms with Gasteiger partial charge in [0, 0.05) is 5.02 Å². The monoisotopic (exact) mass is 256 g/mol. The van der Waals surface area contributed by atoms with Crippen molar-refractivity contribution in [2.75, 3.05) is 12.0 Å². The fraction of sp³-hybridized carbons (Fsp3) is 0.273. The number of ether oxygens (including phenoxy) is 1. The first kappa shape index (κ1) is 13.3. The maximum Gasteiger partial charge on any atom is 0.354 e. The number of anilines is 1. The molecule has 0 fully saturated rings. The molecule has 6 heteroatoms. The Balaban J connectivity index is 2.75. The third-order valence-corrected chi connectivity index (χ3v) is 2.11. The number of esters is 1. The van der Waals surface area contributed by atoms with Gasteiger partial charge < -0.3 is 9.84 Å². The molecule has 92 valence electrons. The first-order valence-corrected chi connectivity index (χ1v) is 5.38. The van der Waals surface area contributed by atoms with Crippen LogP contribution in [0.2, 0.25) is 5.02 Å². The summed E-state index contributed by atoms with van der Waals surface area (Å²) in [4.78, 5) is 11.2. The van der Waals surface area contributed by atoms with Gasteiger partial charge in [-0.1, -0.05) is 11.6 Å². The largest absolute Gasteiger partial charge is 0.506 e. The minimum atomic E-state index is -0.512. The van der Waals surface area contributed by atoms with Crippen LogP contribution >= 0.6 is 11.6 Å². The molecule has 0 aliphatic carbocycles. The number of benzene rings is 1. The first-order chi connectivity index (χ1) is 8.04. The van der Waals surface area contributed by atoms with E-state index in [-0.39, 0.29) is 18.1 Å². The molecule has 1 aromatic rings. The number of halogens is 1. The molecular formula is C11H13ClN2O3. The van der Waals surface area contributed by atoms with Crippen LogP contribution in [0.1, 0.15) is 13.8 Å². The second-order valence-corrected chi connectivity index (χ2v) is 3.63. The van der Waals surface area contributed by atoms with Crippen molar-refractivity contribution in [2.45, 2.75) is 13.8 Å². The number of nitrogens with zero attached hydrogens (tertiary/aromatic N) is 1. The van der Waals surface area contributed by atoms with E-state index in [4.69, 9.17) is 16.3 Å². The van der Waals surface area contributed by atoms with Gasteiger partial charge in [0.15, 0.2) is 0 Å². The van der Waals surface area contributed by atoms with Crippen molar-refractivity contribution in [3.05, 3.63) is 23.2 Å². The molecule has 0 atom stereocenters. The van der Waals surface area contributed by atoms with E-state index < -0.39 is 5.97 Å². The lowest BCUT2D eigenvalue weighted by molar-refractivity contribution is -0.135. The second kappa shape index (κ2) is 6.10. The van der Waals surface area contributed by atoms with Crippen molar-refractivity contribution in [1.82, 2.24) is 0 Å². The Morgan fingerprint density at radius 3 is 2.94 bits per heavy atom. The highest BCUT2D eigenvalue weighted by Gasteiger charge is 2.07. The number of carbonyl (C=O) groups is 1. The Hall–Kier alpha value is -1.75. The molecule has 0 aromatic heterocycles. The van der Waals surface area contributed by atoms with E-state index in [0.717, 1.165) is 0 Å². The van der Waals surface area contributed by atoms with Crippen LogP contribution in [0, 0.1) is 0 Å². The zero-order chi connectivity index (χ0) is 12.8. The van der Waals surface area contributed by atoms with E-state index in [1.165, 1.54) is 19.1 Å². The van der Waals surface area contributed by atoms with Crippen molar-refractivity contribution < 1.29 is 14.6 Å². The number of carbonyl (C=O) groups excluding carboxylic acids is 1. The van der Waals surface area contributed by atoms with Crippen LogP contribution in [0.25, 0.3) is 0 Å². The average Bonchev–Trinajstić information content (AvgIpc) is 2.30. The van der Waals surface area contributed by atoms with Crippen LogP contribution in [0.5, 0.6) is 5.75 Å². The van der Waals surface area contributed by atoms with Crippen LogP contribution in [0.4, 0.5) is 5.69 Å². The third-order valence-electron chi connectivity index (χ3n) is 1.87. The van der Waals surface area contributed by atoms with E-state index in [2.05, 4.69) is 10.5 Å². The molecule has 1 aromatic carbocycles. The minimum Gasteiger partial charge on any atom is -0.506 e. The Bertz CT molecular complexity index is 446. The molecule has 1 rings (SSSR count). The van der Waals surface area contributed by atoms with Gasteiger partial charge in [0.25, 0.3) is 0 Å². The predicted octanol–water partition coefficient (Wildman–Crippen LogP) is 2.40. The zero-order valence-electron chi connectivity index (χ0n) is 9.53. The number of hydrogen-bond acceptors (Lipinski definition) is 5. The van der Waals surface area contributed by atoms with Crippen LogP contribution in [-0.4, -0.2) is 23.4 Å². The van der Waals surface area contributed by atoms with Crippen LogP contribution in [0.3, 0.4) is 0 Å². The first-order valence-electron chi connectivity index (χ1n) is 5.00. The van der Waals surface area contributed by atoms with Gasteiger partial charge in [-0.25, -0.2) is 4.79 Å². The van der Waals surface area contributed by atoms with E-state index in [1.54, 1.807) is 13.0 Å². The van der Waals surface area contributed by atoms with Crippen molar-refractivity contribution in [1.29, 1.82) is 0 Å². The Kier molecular flexibility index (Phi) is 4.78. The molecule has 0 aliphatic heterocycles. The van der Waals surface area contributed by atoms with Gasteiger partial charge in [0.2, 0.25) is 0 Å². The smallest absolute Gasteiger partial charge is 0.354 e. The van der Waals surface area contributed by atoms with Gasteiger partial charge in [-0.2, -0.15) is 5.10 Å². The summed E-state index contributed by atoms with van der Waals surface area (Å²) < 4.78 is 4.75. The second-order valence-electron chi connectivity index (χ2n) is 3.19. The highest BCUT2D eigenvalue weighted by molar-refractivity contribution is 6.35. The summed E-state index contributed by atoms with van der Waals surface area (Å²) in [7, 11) is 0. The molecule has 0 radical (unpaired) electrons. The summed E-state index contributed by atoms with van der Waals surface area (Å²) in [6.45, 7) is 3.50. The van der Waals surface area contributed by atoms with Crippen molar-refractivity contribution >= 4 is 29.0 Å². The predicted molar refractivity (Wildman–Crippen MR) is 66.5 cm³/mol. The summed E-state index contributed by atoms with van der Waals surface area (Å²) in [5.74, 6) is -0.517. The maximum atomic E-state index is 11.2. The standard InChI is InChI=1S/C11H13ClN2O3/c1-3-17-11(16)7(2)13-14-9-6-8(12)4-5-10(9)15/h4-6,14-15H,3H2,1-2H3/b13-7+. The summed E-state index contributed by atoms with van der Waals surface area (Å²) in [6.07, 6.45) is 0. The van der Waals surface area contributed by atoms with Crippen LogP contribution in [0.15, 0.2) is 23.3 Å². The van der Waals surface area contributed by atoms with Gasteiger partial charge in [0.1, 0.15) is 11.5 Å². The molecule has 0 saturated carbocycles. The number of rotatable bonds is 4. The summed E-state index contributed by atoms with van der Waals surface area (Å²) in [5.41, 5.74) is 3.02. The van der Waals surface area contributed by atoms with Gasteiger partial charge in [-0.15, -0.1) is 0 Å². The van der Waals surface area contributed by atoms with Crippen LogP contribution < -0.4 is 5.43 Å². The molecule has 0 heterocycles. The fourth-order valence-electron chi connectivity index (χ4n) is 1.02. The van der Waals surface area contributed by atoms with Crippen molar-refractivity contribution in [3.8, 4) is 5.75 Å². The van der Waals surface area contributed by atoms with Crippen molar-refractivity contribution in [2.24, 2.45) is 5.10 Å². The Morgan fingerprint density at radius 2 is 2.29 bits per heavy atom. The highest BCUT2D eigenvalue weighted by Crippen LogP contribution is 2.26. The van der Waals surface area contributed by atoms with Crippen LogP contribution in [-0.2, 0) is 9.53 Å². The quantitative estimate of drug-likeness (QED) is 0.376. The number of hydrogen-bond donors (Lipinski definition) is 2. The number of nitrogens with one attached hydrogen (secondary N) is 1. The lowest BCUT2D eigenvalue weighted by Crippen LogP contribution is -2.15. The average molecular weight is 257 g/mol. The lowest BCUT2D eigenvalue weighted by atomic mass is 10.3. The number of aromatic hydroxyl groups is 1. The lowest BCUT2D eigenvalue weighted by Gasteiger charge is -2.05. The van der Waals surface area contributed by atoms with Gasteiger partial charge in [-0.05, 0) is 32.0 Å². The topological polar surface area (TPSA) is 70.9 Å². The summed E-state index contributed by atoms with van der Waals surface area (Å²) >= 11 is 5.75. The Morgan fingerprint density at radius 1 is 1.59 bits per heavy atom. The number of phenols is 1. The molecule has 0 bridgehead atoms. The molecule has 0 amide bonds. The molecule has 5 nitrogen and oxygen atoms in total. The van der Waals surface area contributed by atoms with E-state index >= 15 is 0 Å². The van der Waals surface area contributed by atoms with Gasteiger partial charge >= 0.3 is 5.97 Å². The molecule has 0 aliphatic rings. The fourth-order valence-corrected chi connectivity index (χ4v) is 1.20. The molecule has 17 heavy (non-hydrogen) atoms. The summed E-state index contributed by atoms with van der Waals surface area (Å²) in [5, 5.41) is 13.7. The molecule has 2 N–H and O–H groups in total. The number of phenolic OH excluding ortho intramolecular Hbond substituents is 1. The van der Waals surface area contributed by atoms with E-state index in [0.29, 0.717) is 10.7 Å². The summed E-state index contributed by atoms with van der Waals surface area (Å²) in [6, 6.07) is 4.47. The SMILES string of the molecule is CCOC(=O)/C(C)=N/Nc1cc(Cl)ccc1O. The molecule has 0 unspecified atom stereocenters. The maximum absolute atomic E-state index is 11.2. The Labute approximate surface area is 104 Å². The molecular weight excluding hydrogens is 244 g/mol. The van der Waals surface area contributed by atoms with Crippen molar-refractivity contribution in [3.63, 3.8) is 0 Å². The van der Waals surface area contributed by atoms with E-state index in [1.807, 2.05) is 0 Å². The number of hydrazone groups is 1. The normalized spacial score (nSPS) is 11.1.